The molecule has 0 bridgehead atoms. The van der Waals surface area contributed by atoms with Gasteiger partial charge in [-0.25, -0.2) is 0 Å². The van der Waals surface area contributed by atoms with E-state index < -0.39 is 0 Å². The number of hydrogen-bond donors (Lipinski definition) is 1. The molecule has 0 spiro atoms. The van der Waals surface area contributed by atoms with E-state index in [1.54, 1.807) is 0 Å². The van der Waals surface area contributed by atoms with Crippen LogP contribution in [-0.4, -0.2) is 23.1 Å². The van der Waals surface area contributed by atoms with Gasteiger partial charge in [0, 0.05) is 23.1 Å². The molecule has 90 valence electrons. The van der Waals surface area contributed by atoms with Gasteiger partial charge in [-0.1, -0.05) is 34.6 Å². The lowest BCUT2D eigenvalue weighted by Gasteiger charge is -2.40. The van der Waals surface area contributed by atoms with E-state index in [4.69, 9.17) is 0 Å². The molecule has 1 aliphatic rings. The number of thioether (sulfide) groups is 1. The SMILES string of the molecule is CCC1CSC(C(C)C)C(CC(C)C)N1. The van der Waals surface area contributed by atoms with Crippen LogP contribution in [0.25, 0.3) is 0 Å². The van der Waals surface area contributed by atoms with Crippen molar-refractivity contribution in [2.24, 2.45) is 11.8 Å². The molecule has 3 unspecified atom stereocenters. The van der Waals surface area contributed by atoms with Gasteiger partial charge < -0.3 is 5.32 Å². The molecule has 0 aromatic carbocycles. The van der Waals surface area contributed by atoms with Gasteiger partial charge in [-0.2, -0.15) is 11.8 Å². The Bertz CT molecular complexity index is 179. The summed E-state index contributed by atoms with van der Waals surface area (Å²) in [5.41, 5.74) is 0. The van der Waals surface area contributed by atoms with Crippen molar-refractivity contribution in [2.75, 3.05) is 5.75 Å². The van der Waals surface area contributed by atoms with Crippen molar-refractivity contribution in [1.29, 1.82) is 0 Å². The van der Waals surface area contributed by atoms with Crippen LogP contribution in [0.2, 0.25) is 0 Å². The minimum absolute atomic E-state index is 0.730. The lowest BCUT2D eigenvalue weighted by molar-refractivity contribution is 0.328. The first-order valence-corrected chi connectivity index (χ1v) is 7.47. The zero-order valence-corrected chi connectivity index (χ0v) is 11.7. The number of hydrogen-bond acceptors (Lipinski definition) is 2. The fraction of sp³-hybridized carbons (Fsp3) is 1.00. The largest absolute Gasteiger partial charge is 0.309 e. The first-order valence-electron chi connectivity index (χ1n) is 6.42. The molecule has 0 aliphatic carbocycles. The van der Waals surface area contributed by atoms with Crippen LogP contribution in [0.1, 0.15) is 47.5 Å². The molecule has 0 aromatic heterocycles. The Kier molecular flexibility index (Phi) is 5.48. The Morgan fingerprint density at radius 2 is 1.93 bits per heavy atom. The Morgan fingerprint density at radius 3 is 2.40 bits per heavy atom. The molecule has 1 rings (SSSR count). The van der Waals surface area contributed by atoms with Gasteiger partial charge in [0.2, 0.25) is 0 Å². The molecule has 3 atom stereocenters. The molecular formula is C13H27NS. The van der Waals surface area contributed by atoms with Crippen LogP contribution in [0.4, 0.5) is 0 Å². The second-order valence-corrected chi connectivity index (χ2v) is 6.76. The second kappa shape index (κ2) is 6.15. The van der Waals surface area contributed by atoms with Gasteiger partial charge in [-0.15, -0.1) is 0 Å². The van der Waals surface area contributed by atoms with Crippen molar-refractivity contribution < 1.29 is 0 Å². The summed E-state index contributed by atoms with van der Waals surface area (Å²) in [6.07, 6.45) is 2.60. The maximum atomic E-state index is 3.85. The minimum atomic E-state index is 0.730. The summed E-state index contributed by atoms with van der Waals surface area (Å²) < 4.78 is 0. The van der Waals surface area contributed by atoms with Gasteiger partial charge in [0.05, 0.1) is 0 Å². The van der Waals surface area contributed by atoms with Gasteiger partial charge in [-0.05, 0) is 24.7 Å². The van der Waals surface area contributed by atoms with Crippen molar-refractivity contribution >= 4 is 11.8 Å². The number of nitrogens with one attached hydrogen (secondary N) is 1. The lowest BCUT2D eigenvalue weighted by atomic mass is 9.94. The summed E-state index contributed by atoms with van der Waals surface area (Å²) in [6, 6.07) is 1.47. The third-order valence-corrected chi connectivity index (χ3v) is 5.06. The fourth-order valence-corrected chi connectivity index (χ4v) is 3.99. The summed E-state index contributed by atoms with van der Waals surface area (Å²) in [6.45, 7) is 11.7. The van der Waals surface area contributed by atoms with Crippen LogP contribution in [0.3, 0.4) is 0 Å². The molecule has 1 nitrogen and oxygen atoms in total. The molecule has 0 saturated carbocycles. The van der Waals surface area contributed by atoms with Crippen molar-refractivity contribution in [3.8, 4) is 0 Å². The van der Waals surface area contributed by atoms with Crippen LogP contribution < -0.4 is 5.32 Å². The molecule has 0 aromatic rings. The van der Waals surface area contributed by atoms with E-state index in [1.807, 2.05) is 0 Å². The molecule has 1 aliphatic heterocycles. The minimum Gasteiger partial charge on any atom is -0.309 e. The molecule has 1 heterocycles. The average Bonchev–Trinajstić information content (AvgIpc) is 2.16. The fourth-order valence-electron chi connectivity index (χ4n) is 2.39. The van der Waals surface area contributed by atoms with E-state index in [-0.39, 0.29) is 0 Å². The summed E-state index contributed by atoms with van der Waals surface area (Å²) in [5, 5.41) is 4.66. The predicted octanol–water partition coefficient (Wildman–Crippen LogP) is 3.54. The normalized spacial score (nSPS) is 32.6. The molecule has 0 amide bonds. The Balaban J connectivity index is 2.56. The Hall–Kier alpha value is 0.310. The van der Waals surface area contributed by atoms with Gasteiger partial charge >= 0.3 is 0 Å². The highest BCUT2D eigenvalue weighted by molar-refractivity contribution is 8.00. The highest BCUT2D eigenvalue weighted by Gasteiger charge is 2.31. The monoisotopic (exact) mass is 229 g/mol. The van der Waals surface area contributed by atoms with E-state index in [0.29, 0.717) is 0 Å². The number of rotatable bonds is 4. The van der Waals surface area contributed by atoms with Gasteiger partial charge in [0.15, 0.2) is 0 Å². The third kappa shape index (κ3) is 3.99. The van der Waals surface area contributed by atoms with Crippen molar-refractivity contribution in [2.45, 2.75) is 64.8 Å². The van der Waals surface area contributed by atoms with Gasteiger partial charge in [-0.3, -0.25) is 0 Å². The summed E-state index contributed by atoms with van der Waals surface area (Å²) in [7, 11) is 0. The van der Waals surface area contributed by atoms with E-state index >= 15 is 0 Å². The summed E-state index contributed by atoms with van der Waals surface area (Å²) in [5.74, 6) is 2.90. The van der Waals surface area contributed by atoms with Gasteiger partial charge in [0.25, 0.3) is 0 Å². The van der Waals surface area contributed by atoms with Crippen LogP contribution in [0.5, 0.6) is 0 Å². The van der Waals surface area contributed by atoms with Gasteiger partial charge in [0.1, 0.15) is 0 Å². The van der Waals surface area contributed by atoms with Crippen molar-refractivity contribution in [1.82, 2.24) is 5.32 Å². The molecule has 15 heavy (non-hydrogen) atoms. The van der Waals surface area contributed by atoms with Crippen molar-refractivity contribution in [3.05, 3.63) is 0 Å². The maximum Gasteiger partial charge on any atom is 0.0224 e. The smallest absolute Gasteiger partial charge is 0.0224 e. The Labute approximate surface area is 99.8 Å². The predicted molar refractivity (Wildman–Crippen MR) is 71.5 cm³/mol. The molecular weight excluding hydrogens is 202 g/mol. The van der Waals surface area contributed by atoms with E-state index in [0.717, 1.165) is 29.2 Å². The highest BCUT2D eigenvalue weighted by atomic mass is 32.2. The summed E-state index contributed by atoms with van der Waals surface area (Å²) in [4.78, 5) is 0. The topological polar surface area (TPSA) is 12.0 Å². The average molecular weight is 229 g/mol. The standard InChI is InChI=1S/C13H27NS/c1-6-11-8-15-13(10(4)5)12(14-11)7-9(2)3/h9-14H,6-8H2,1-5H3. The van der Waals surface area contributed by atoms with E-state index in [9.17, 15) is 0 Å². The van der Waals surface area contributed by atoms with Crippen LogP contribution in [0, 0.1) is 11.8 Å². The second-order valence-electron chi connectivity index (χ2n) is 5.55. The Morgan fingerprint density at radius 1 is 1.27 bits per heavy atom. The third-order valence-electron chi connectivity index (χ3n) is 3.21. The molecule has 1 fully saturated rings. The molecule has 0 radical (unpaired) electrons. The maximum absolute atomic E-state index is 3.85. The first-order chi connectivity index (χ1) is 7.04. The first kappa shape index (κ1) is 13.4. The molecule has 1 saturated heterocycles. The molecule has 1 N–H and O–H groups in total. The zero-order chi connectivity index (χ0) is 11.4. The van der Waals surface area contributed by atoms with Crippen LogP contribution in [0.15, 0.2) is 0 Å². The highest BCUT2D eigenvalue weighted by Crippen LogP contribution is 2.31. The van der Waals surface area contributed by atoms with E-state index in [2.05, 4.69) is 51.7 Å². The van der Waals surface area contributed by atoms with E-state index in [1.165, 1.54) is 18.6 Å². The van der Waals surface area contributed by atoms with Crippen LogP contribution >= 0.6 is 11.8 Å². The summed E-state index contributed by atoms with van der Waals surface area (Å²) >= 11 is 2.19. The quantitative estimate of drug-likeness (QED) is 0.791. The zero-order valence-electron chi connectivity index (χ0n) is 10.9. The van der Waals surface area contributed by atoms with Crippen LogP contribution in [-0.2, 0) is 0 Å². The molecule has 2 heteroatoms. The lowest BCUT2D eigenvalue weighted by Crippen LogP contribution is -2.52. The van der Waals surface area contributed by atoms with Crippen molar-refractivity contribution in [3.63, 3.8) is 0 Å².